The normalized spacial score (nSPS) is 12.3. The van der Waals surface area contributed by atoms with Crippen molar-refractivity contribution < 1.29 is 26.3 Å². The highest BCUT2D eigenvalue weighted by molar-refractivity contribution is 9.10. The zero-order valence-electron chi connectivity index (χ0n) is 19.2. The van der Waals surface area contributed by atoms with Gasteiger partial charge in [0.1, 0.15) is 11.6 Å². The first-order valence-electron chi connectivity index (χ1n) is 10.8. The number of ether oxygens (including phenoxy) is 1. The molecule has 196 valence electrons. The Kier molecular flexibility index (Phi) is 7.97. The van der Waals surface area contributed by atoms with Gasteiger partial charge in [-0.1, -0.05) is 29.8 Å². The van der Waals surface area contributed by atoms with Crippen molar-refractivity contribution in [3.8, 4) is 17.0 Å². The van der Waals surface area contributed by atoms with Crippen molar-refractivity contribution >= 4 is 49.0 Å². The van der Waals surface area contributed by atoms with Crippen molar-refractivity contribution in [2.75, 3.05) is 25.5 Å². The average Bonchev–Trinajstić information content (AvgIpc) is 3.22. The molecule has 0 saturated carbocycles. The molecule has 0 spiro atoms. The quantitative estimate of drug-likeness (QED) is 0.238. The second-order valence-corrected chi connectivity index (χ2v) is 11.2. The van der Waals surface area contributed by atoms with Gasteiger partial charge in [0, 0.05) is 36.8 Å². The predicted molar refractivity (Wildman–Crippen MR) is 137 cm³/mol. The van der Waals surface area contributed by atoms with E-state index in [9.17, 15) is 21.6 Å². The molecule has 0 unspecified atom stereocenters. The Hall–Kier alpha value is -2.87. The number of nitrogens with one attached hydrogen (secondary N) is 1. The van der Waals surface area contributed by atoms with E-state index >= 15 is 0 Å². The number of anilines is 1. The molecule has 2 aromatic carbocycles. The molecule has 2 aromatic heterocycles. The number of halogens is 5. The molecule has 4 aromatic rings. The average molecular weight is 619 g/mol. The Morgan fingerprint density at radius 2 is 1.86 bits per heavy atom. The fraction of sp³-hybridized carbons (Fsp3) is 0.217. The summed E-state index contributed by atoms with van der Waals surface area (Å²) in [5.41, 5.74) is 1.97. The molecule has 0 bridgehead atoms. The lowest BCUT2D eigenvalue weighted by atomic mass is 10.1. The minimum absolute atomic E-state index is 0.140. The van der Waals surface area contributed by atoms with Crippen LogP contribution in [0.15, 0.2) is 70.2 Å². The van der Waals surface area contributed by atoms with Crippen LogP contribution in [-0.4, -0.2) is 53.8 Å². The highest BCUT2D eigenvalue weighted by Crippen LogP contribution is 2.30. The van der Waals surface area contributed by atoms with Crippen LogP contribution in [0.25, 0.3) is 16.9 Å². The summed E-state index contributed by atoms with van der Waals surface area (Å²) < 4.78 is 69.9. The number of alkyl halides is 3. The summed E-state index contributed by atoms with van der Waals surface area (Å²) in [4.78, 5) is 4.51. The van der Waals surface area contributed by atoms with Gasteiger partial charge >= 0.3 is 6.36 Å². The Bertz CT molecular complexity index is 1510. The second-order valence-electron chi connectivity index (χ2n) is 7.86. The second kappa shape index (κ2) is 10.9. The van der Waals surface area contributed by atoms with E-state index in [0.29, 0.717) is 39.6 Å². The number of fused-ring (bicyclic) bond motifs is 1. The zero-order valence-corrected chi connectivity index (χ0v) is 22.4. The van der Waals surface area contributed by atoms with Crippen LogP contribution >= 0.6 is 27.5 Å². The van der Waals surface area contributed by atoms with Crippen molar-refractivity contribution in [1.82, 2.24) is 18.9 Å². The van der Waals surface area contributed by atoms with E-state index in [0.717, 1.165) is 34.1 Å². The molecular formula is C23H20BrClF3N5O3S. The molecule has 0 aliphatic carbocycles. The van der Waals surface area contributed by atoms with Gasteiger partial charge in [0.25, 0.3) is 0 Å². The number of sulfonamides is 1. The van der Waals surface area contributed by atoms with Crippen molar-refractivity contribution in [2.45, 2.75) is 17.7 Å². The third-order valence-corrected chi connectivity index (χ3v) is 8.06. The van der Waals surface area contributed by atoms with Gasteiger partial charge in [-0.05, 0) is 52.7 Å². The molecule has 8 nitrogen and oxygen atoms in total. The van der Waals surface area contributed by atoms with Crippen LogP contribution in [0.5, 0.6) is 5.75 Å². The number of rotatable bonds is 9. The molecule has 0 fully saturated rings. The molecular weight excluding hydrogens is 599 g/mol. The summed E-state index contributed by atoms with van der Waals surface area (Å²) in [6.07, 6.45) is -2.81. The number of benzene rings is 2. The van der Waals surface area contributed by atoms with Gasteiger partial charge < -0.3 is 10.1 Å². The van der Waals surface area contributed by atoms with Gasteiger partial charge in [-0.2, -0.15) is 9.61 Å². The van der Waals surface area contributed by atoms with E-state index in [1.165, 1.54) is 7.05 Å². The van der Waals surface area contributed by atoms with E-state index < -0.39 is 22.1 Å². The van der Waals surface area contributed by atoms with Gasteiger partial charge in [-0.3, -0.25) is 0 Å². The van der Waals surface area contributed by atoms with Gasteiger partial charge in [-0.25, -0.2) is 17.7 Å². The van der Waals surface area contributed by atoms with Gasteiger partial charge in [0.2, 0.25) is 10.0 Å². The van der Waals surface area contributed by atoms with E-state index in [1.54, 1.807) is 22.8 Å². The van der Waals surface area contributed by atoms with Crippen molar-refractivity contribution in [3.63, 3.8) is 0 Å². The smallest absolute Gasteiger partial charge is 0.406 e. The molecule has 0 atom stereocenters. The fourth-order valence-electron chi connectivity index (χ4n) is 3.50. The monoisotopic (exact) mass is 617 g/mol. The zero-order chi connectivity index (χ0) is 26.8. The lowest BCUT2D eigenvalue weighted by Crippen LogP contribution is -2.29. The first kappa shape index (κ1) is 27.2. The minimum Gasteiger partial charge on any atom is -0.406 e. The fourth-order valence-corrected chi connectivity index (χ4v) is 5.29. The van der Waals surface area contributed by atoms with E-state index in [2.05, 4.69) is 36.1 Å². The molecule has 37 heavy (non-hydrogen) atoms. The summed E-state index contributed by atoms with van der Waals surface area (Å²) in [5.74, 6) is 0.139. The van der Waals surface area contributed by atoms with Crippen LogP contribution in [0.4, 0.5) is 19.0 Å². The maximum Gasteiger partial charge on any atom is 0.573 e. The van der Waals surface area contributed by atoms with E-state index in [-0.39, 0.29) is 11.4 Å². The third-order valence-electron chi connectivity index (χ3n) is 5.30. The van der Waals surface area contributed by atoms with Crippen LogP contribution in [0.1, 0.15) is 6.42 Å². The maximum atomic E-state index is 12.8. The highest BCUT2D eigenvalue weighted by Gasteiger charge is 2.31. The number of hydrogen-bond acceptors (Lipinski definition) is 6. The van der Waals surface area contributed by atoms with Crippen molar-refractivity contribution in [1.29, 1.82) is 0 Å². The van der Waals surface area contributed by atoms with Crippen LogP contribution < -0.4 is 10.1 Å². The van der Waals surface area contributed by atoms with Crippen LogP contribution in [0.3, 0.4) is 0 Å². The Balaban J connectivity index is 1.43. The number of nitrogens with zero attached hydrogens (tertiary/aromatic N) is 4. The van der Waals surface area contributed by atoms with Gasteiger partial charge in [0.15, 0.2) is 5.65 Å². The molecule has 2 heterocycles. The predicted octanol–water partition coefficient (Wildman–Crippen LogP) is 5.83. The SMILES string of the molecule is CN(CCCNc1cc(-c2ccccc2Cl)nc2c(Br)cnn12)S(=O)(=O)c1ccc(OC(F)(F)F)cc1. The summed E-state index contributed by atoms with van der Waals surface area (Å²) >= 11 is 9.80. The Labute approximate surface area is 224 Å². The summed E-state index contributed by atoms with van der Waals surface area (Å²) in [5, 5.41) is 8.13. The van der Waals surface area contributed by atoms with Crippen LogP contribution in [0, 0.1) is 0 Å². The molecule has 0 aliphatic heterocycles. The first-order chi connectivity index (χ1) is 17.5. The Morgan fingerprint density at radius 1 is 1.16 bits per heavy atom. The molecule has 1 N–H and O–H groups in total. The third kappa shape index (κ3) is 6.35. The molecule has 0 aliphatic rings. The number of aromatic nitrogens is 3. The summed E-state index contributed by atoms with van der Waals surface area (Å²) in [7, 11) is -2.50. The maximum absolute atomic E-state index is 12.8. The summed E-state index contributed by atoms with van der Waals surface area (Å²) in [6, 6.07) is 13.2. The highest BCUT2D eigenvalue weighted by atomic mass is 79.9. The first-order valence-corrected chi connectivity index (χ1v) is 13.4. The molecule has 14 heteroatoms. The molecule has 0 saturated heterocycles. The minimum atomic E-state index is -4.86. The number of hydrogen-bond donors (Lipinski definition) is 1. The molecule has 0 radical (unpaired) electrons. The summed E-state index contributed by atoms with van der Waals surface area (Å²) in [6.45, 7) is 0.557. The van der Waals surface area contributed by atoms with Crippen molar-refractivity contribution in [2.24, 2.45) is 0 Å². The lowest BCUT2D eigenvalue weighted by molar-refractivity contribution is -0.274. The van der Waals surface area contributed by atoms with Gasteiger partial charge in [0.05, 0.1) is 21.3 Å². The largest absolute Gasteiger partial charge is 0.573 e. The molecule has 4 rings (SSSR count). The van der Waals surface area contributed by atoms with E-state index in [4.69, 9.17) is 11.6 Å². The standard InChI is InChI=1S/C23H20BrClF3N5O3S/c1-32(37(34,35)16-9-7-15(8-10-16)36-23(26,27)28)12-4-11-29-21-13-20(17-5-2-3-6-19(17)25)31-22-18(24)14-30-33(21)22/h2-3,5-10,13-14,29H,4,11-12H2,1H3. The van der Waals surface area contributed by atoms with Gasteiger partial charge in [-0.15, -0.1) is 13.2 Å². The lowest BCUT2D eigenvalue weighted by Gasteiger charge is -2.18. The van der Waals surface area contributed by atoms with Crippen molar-refractivity contribution in [3.05, 3.63) is 70.3 Å². The van der Waals surface area contributed by atoms with Crippen LogP contribution in [0.2, 0.25) is 5.02 Å². The van der Waals surface area contributed by atoms with Crippen LogP contribution in [-0.2, 0) is 10.0 Å². The molecule has 0 amide bonds. The Morgan fingerprint density at radius 3 is 2.54 bits per heavy atom. The van der Waals surface area contributed by atoms with E-state index in [1.807, 2.05) is 18.2 Å². The topological polar surface area (TPSA) is 88.8 Å².